The van der Waals surface area contributed by atoms with Gasteiger partial charge in [-0.2, -0.15) is 0 Å². The fraction of sp³-hybridized carbons (Fsp3) is 0.611. The van der Waals surface area contributed by atoms with Gasteiger partial charge >= 0.3 is 0 Å². The van der Waals surface area contributed by atoms with E-state index in [0.717, 1.165) is 50.1 Å². The number of rotatable bonds is 6. The molecule has 0 aliphatic carbocycles. The summed E-state index contributed by atoms with van der Waals surface area (Å²) in [5.41, 5.74) is 1.86. The number of carbonyl (C=O) groups excluding carboxylic acids is 1. The number of likely N-dealkylation sites (tertiary alicyclic amines) is 1. The molecule has 122 valence electrons. The summed E-state index contributed by atoms with van der Waals surface area (Å²) in [6.45, 7) is 1.65. The zero-order valence-electron chi connectivity index (χ0n) is 14.0. The number of anilines is 1. The van der Waals surface area contributed by atoms with Crippen LogP contribution in [0.1, 0.15) is 42.5 Å². The summed E-state index contributed by atoms with van der Waals surface area (Å²) in [7, 11) is 5.73. The molecule has 0 bridgehead atoms. The summed E-state index contributed by atoms with van der Waals surface area (Å²) >= 11 is 0. The van der Waals surface area contributed by atoms with Crippen molar-refractivity contribution in [3.05, 3.63) is 29.8 Å². The highest BCUT2D eigenvalue weighted by molar-refractivity contribution is 5.95. The zero-order valence-corrected chi connectivity index (χ0v) is 14.0. The van der Waals surface area contributed by atoms with Crippen molar-refractivity contribution in [2.45, 2.75) is 38.1 Å². The predicted molar refractivity (Wildman–Crippen MR) is 90.6 cm³/mol. The first-order chi connectivity index (χ1) is 10.6. The van der Waals surface area contributed by atoms with Crippen molar-refractivity contribution >= 4 is 11.6 Å². The minimum atomic E-state index is 0.172. The fourth-order valence-electron chi connectivity index (χ4n) is 3.11. The van der Waals surface area contributed by atoms with E-state index in [1.54, 1.807) is 7.11 Å². The van der Waals surface area contributed by atoms with Crippen LogP contribution in [0.3, 0.4) is 0 Å². The Morgan fingerprint density at radius 3 is 2.91 bits per heavy atom. The van der Waals surface area contributed by atoms with Gasteiger partial charge in [0.2, 0.25) is 0 Å². The van der Waals surface area contributed by atoms with E-state index in [-0.39, 0.29) is 5.91 Å². The summed E-state index contributed by atoms with van der Waals surface area (Å²) in [4.78, 5) is 17.0. The van der Waals surface area contributed by atoms with Gasteiger partial charge in [0.05, 0.1) is 0 Å². The summed E-state index contributed by atoms with van der Waals surface area (Å²) in [6.07, 6.45) is 5.50. The maximum absolute atomic E-state index is 12.9. The summed E-state index contributed by atoms with van der Waals surface area (Å²) in [5, 5.41) is 0. The first-order valence-electron chi connectivity index (χ1n) is 8.20. The Morgan fingerprint density at radius 1 is 1.36 bits per heavy atom. The summed E-state index contributed by atoms with van der Waals surface area (Å²) in [5.74, 6) is 0.172. The van der Waals surface area contributed by atoms with Crippen LogP contribution in [0, 0.1) is 0 Å². The van der Waals surface area contributed by atoms with Crippen molar-refractivity contribution in [3.8, 4) is 0 Å². The van der Waals surface area contributed by atoms with E-state index in [0.29, 0.717) is 6.04 Å². The Morgan fingerprint density at radius 2 is 2.18 bits per heavy atom. The number of nitrogens with zero attached hydrogens (tertiary/aromatic N) is 2. The SMILES string of the molecule is COCCC[C@H]1CCCCN1C(=O)c1cccc(N(C)C)c1. The Balaban J connectivity index is 2.09. The average Bonchev–Trinajstić information content (AvgIpc) is 2.55. The van der Waals surface area contributed by atoms with Crippen LogP contribution in [0.5, 0.6) is 0 Å². The zero-order chi connectivity index (χ0) is 15.9. The minimum Gasteiger partial charge on any atom is -0.385 e. The molecule has 4 heteroatoms. The molecule has 1 aromatic rings. The lowest BCUT2D eigenvalue weighted by molar-refractivity contribution is 0.0585. The standard InChI is InChI=1S/C18H28N2O2/c1-19(2)17-10-6-8-15(14-17)18(21)20-12-5-4-9-16(20)11-7-13-22-3/h6,8,10,14,16H,4-5,7,9,11-13H2,1-3H3/t16-/m1/s1. The van der Waals surface area contributed by atoms with E-state index in [9.17, 15) is 4.79 Å². The lowest BCUT2D eigenvalue weighted by Crippen LogP contribution is -2.43. The number of piperidine rings is 1. The van der Waals surface area contributed by atoms with E-state index < -0.39 is 0 Å². The lowest BCUT2D eigenvalue weighted by atomic mass is 9.97. The molecule has 1 saturated heterocycles. The van der Waals surface area contributed by atoms with Crippen molar-refractivity contribution in [1.29, 1.82) is 0 Å². The molecule has 1 fully saturated rings. The molecule has 0 N–H and O–H groups in total. The summed E-state index contributed by atoms with van der Waals surface area (Å²) < 4.78 is 5.15. The van der Waals surface area contributed by atoms with Gasteiger partial charge in [0.15, 0.2) is 0 Å². The molecule has 1 amide bonds. The molecular formula is C18H28N2O2. The van der Waals surface area contributed by atoms with Gasteiger partial charge in [-0.25, -0.2) is 0 Å². The Labute approximate surface area is 134 Å². The third-order valence-electron chi connectivity index (χ3n) is 4.38. The molecule has 0 radical (unpaired) electrons. The second-order valence-electron chi connectivity index (χ2n) is 6.23. The third kappa shape index (κ3) is 4.23. The van der Waals surface area contributed by atoms with Gasteiger partial charge in [-0.1, -0.05) is 6.07 Å². The van der Waals surface area contributed by atoms with Gasteiger partial charge < -0.3 is 14.5 Å². The van der Waals surface area contributed by atoms with Crippen molar-refractivity contribution in [2.24, 2.45) is 0 Å². The number of benzene rings is 1. The van der Waals surface area contributed by atoms with Crippen molar-refractivity contribution in [2.75, 3.05) is 39.3 Å². The Hall–Kier alpha value is -1.55. The van der Waals surface area contributed by atoms with Gasteiger partial charge in [-0.3, -0.25) is 4.79 Å². The van der Waals surface area contributed by atoms with Gasteiger partial charge in [0.25, 0.3) is 5.91 Å². The molecular weight excluding hydrogens is 276 g/mol. The van der Waals surface area contributed by atoms with E-state index in [4.69, 9.17) is 4.74 Å². The van der Waals surface area contributed by atoms with Gasteiger partial charge in [-0.05, 0) is 50.3 Å². The van der Waals surface area contributed by atoms with Crippen LogP contribution in [-0.2, 0) is 4.74 Å². The van der Waals surface area contributed by atoms with E-state index in [1.165, 1.54) is 6.42 Å². The van der Waals surface area contributed by atoms with Gasteiger partial charge in [0, 0.05) is 51.6 Å². The number of hydrogen-bond acceptors (Lipinski definition) is 3. The maximum Gasteiger partial charge on any atom is 0.254 e. The molecule has 1 aliphatic heterocycles. The second kappa shape index (κ2) is 8.18. The van der Waals surface area contributed by atoms with Crippen LogP contribution in [0.25, 0.3) is 0 Å². The molecule has 0 spiro atoms. The number of ether oxygens (including phenoxy) is 1. The van der Waals surface area contributed by atoms with Gasteiger partial charge in [0.1, 0.15) is 0 Å². The summed E-state index contributed by atoms with van der Waals surface area (Å²) in [6, 6.07) is 8.27. The largest absolute Gasteiger partial charge is 0.385 e. The highest BCUT2D eigenvalue weighted by atomic mass is 16.5. The molecule has 22 heavy (non-hydrogen) atoms. The van der Waals surface area contributed by atoms with Crippen LogP contribution in [0.2, 0.25) is 0 Å². The van der Waals surface area contributed by atoms with Crippen LogP contribution in [0.4, 0.5) is 5.69 Å². The van der Waals surface area contributed by atoms with Crippen molar-refractivity contribution < 1.29 is 9.53 Å². The van der Waals surface area contributed by atoms with E-state index in [1.807, 2.05) is 43.3 Å². The van der Waals surface area contributed by atoms with Crippen LogP contribution >= 0.6 is 0 Å². The molecule has 1 aliphatic rings. The monoisotopic (exact) mass is 304 g/mol. The maximum atomic E-state index is 12.9. The first-order valence-corrected chi connectivity index (χ1v) is 8.20. The normalized spacial score (nSPS) is 18.3. The third-order valence-corrected chi connectivity index (χ3v) is 4.38. The van der Waals surface area contributed by atoms with E-state index in [2.05, 4.69) is 4.90 Å². The first kappa shape index (κ1) is 16.8. The quantitative estimate of drug-likeness (QED) is 0.757. The van der Waals surface area contributed by atoms with Crippen LogP contribution in [0.15, 0.2) is 24.3 Å². The lowest BCUT2D eigenvalue weighted by Gasteiger charge is -2.36. The smallest absolute Gasteiger partial charge is 0.254 e. The molecule has 4 nitrogen and oxygen atoms in total. The highest BCUT2D eigenvalue weighted by Gasteiger charge is 2.27. The van der Waals surface area contributed by atoms with Gasteiger partial charge in [-0.15, -0.1) is 0 Å². The number of methoxy groups -OCH3 is 1. The molecule has 0 unspecified atom stereocenters. The molecule has 1 atom stereocenters. The molecule has 1 aromatic carbocycles. The topological polar surface area (TPSA) is 32.8 Å². The Bertz CT molecular complexity index is 488. The van der Waals surface area contributed by atoms with Crippen molar-refractivity contribution in [3.63, 3.8) is 0 Å². The predicted octanol–water partition coefficient (Wildman–Crippen LogP) is 3.17. The molecule has 2 rings (SSSR count). The number of hydrogen-bond donors (Lipinski definition) is 0. The Kier molecular flexibility index (Phi) is 6.25. The van der Waals surface area contributed by atoms with Crippen molar-refractivity contribution in [1.82, 2.24) is 4.90 Å². The number of carbonyl (C=O) groups is 1. The molecule has 0 aromatic heterocycles. The fourth-order valence-corrected chi connectivity index (χ4v) is 3.11. The number of amides is 1. The molecule has 0 saturated carbocycles. The van der Waals surface area contributed by atoms with Crippen LogP contribution < -0.4 is 4.90 Å². The second-order valence-corrected chi connectivity index (χ2v) is 6.23. The van der Waals surface area contributed by atoms with Crippen LogP contribution in [-0.4, -0.2) is 51.2 Å². The molecule has 1 heterocycles. The average molecular weight is 304 g/mol. The minimum absolute atomic E-state index is 0.172. The highest BCUT2D eigenvalue weighted by Crippen LogP contribution is 2.24. The van der Waals surface area contributed by atoms with E-state index >= 15 is 0 Å².